The second kappa shape index (κ2) is 8.92. The number of hydrogen-bond acceptors (Lipinski definition) is 4. The summed E-state index contributed by atoms with van der Waals surface area (Å²) in [5.41, 5.74) is 3.39. The van der Waals surface area contributed by atoms with Crippen LogP contribution in [0, 0.1) is 5.92 Å². The fourth-order valence-corrected chi connectivity index (χ4v) is 3.61. The van der Waals surface area contributed by atoms with Crippen molar-refractivity contribution in [2.75, 3.05) is 24.2 Å². The number of hydrogen-bond donors (Lipinski definition) is 2. The Morgan fingerprint density at radius 3 is 2.83 bits per heavy atom. The van der Waals surface area contributed by atoms with Crippen molar-refractivity contribution < 1.29 is 9.90 Å². The quantitative estimate of drug-likeness (QED) is 0.524. The molecule has 0 fully saturated rings. The number of nitrogens with zero attached hydrogens (tertiary/aromatic N) is 1. The summed E-state index contributed by atoms with van der Waals surface area (Å²) in [6.45, 7) is 8.03. The van der Waals surface area contributed by atoms with E-state index in [0.29, 0.717) is 11.5 Å². The van der Waals surface area contributed by atoms with Crippen LogP contribution in [-0.2, 0) is 0 Å². The zero-order valence-corrected chi connectivity index (χ0v) is 15.4. The average Bonchev–Trinajstić information content (AvgIpc) is 2.55. The molecule has 1 heterocycles. The number of nitrogens with one attached hydrogen (secondary N) is 1. The number of carboxylic acids is 1. The predicted molar refractivity (Wildman–Crippen MR) is 104 cm³/mol. The Bertz CT molecular complexity index is 653. The van der Waals surface area contributed by atoms with Gasteiger partial charge in [0.15, 0.2) is 0 Å². The molecular formula is C19H26N2O2S. The summed E-state index contributed by atoms with van der Waals surface area (Å²) < 4.78 is 0. The summed E-state index contributed by atoms with van der Waals surface area (Å²) in [5, 5.41) is 12.9. The van der Waals surface area contributed by atoms with Crippen LogP contribution >= 0.6 is 11.8 Å². The number of unbranched alkanes of at least 4 members (excludes halogenated alkanes) is 1. The normalized spacial score (nSPS) is 16.8. The summed E-state index contributed by atoms with van der Waals surface area (Å²) in [6, 6.07) is 3.53. The van der Waals surface area contributed by atoms with Gasteiger partial charge in [0.05, 0.1) is 5.56 Å². The highest BCUT2D eigenvalue weighted by molar-refractivity contribution is 7.99. The van der Waals surface area contributed by atoms with Gasteiger partial charge < -0.3 is 10.4 Å². The van der Waals surface area contributed by atoms with Gasteiger partial charge in [0.2, 0.25) is 0 Å². The molecule has 0 amide bonds. The van der Waals surface area contributed by atoms with E-state index in [9.17, 15) is 9.90 Å². The molecule has 4 nitrogen and oxygen atoms in total. The maximum absolute atomic E-state index is 11.5. The third kappa shape index (κ3) is 4.63. The SMILES string of the molecule is CCCCNc1cc(C(=O)O)cc(SCC)c1C1=CC(C)CN=C1. The van der Waals surface area contributed by atoms with Crippen molar-refractivity contribution in [1.29, 1.82) is 0 Å². The fraction of sp³-hybridized carbons (Fsp3) is 0.474. The molecule has 0 bridgehead atoms. The first-order chi connectivity index (χ1) is 11.6. The molecule has 0 saturated carbocycles. The van der Waals surface area contributed by atoms with Gasteiger partial charge in [-0.25, -0.2) is 4.79 Å². The molecule has 1 unspecified atom stereocenters. The lowest BCUT2D eigenvalue weighted by atomic mass is 9.96. The lowest BCUT2D eigenvalue weighted by Crippen LogP contribution is -2.10. The largest absolute Gasteiger partial charge is 0.478 e. The Balaban J connectivity index is 2.54. The van der Waals surface area contributed by atoms with Crippen LogP contribution in [-0.4, -0.2) is 36.1 Å². The summed E-state index contributed by atoms with van der Waals surface area (Å²) in [5.74, 6) is 0.398. The van der Waals surface area contributed by atoms with E-state index in [1.54, 1.807) is 23.9 Å². The molecular weight excluding hydrogens is 320 g/mol. The Hall–Kier alpha value is -1.75. The fourth-order valence-electron chi connectivity index (χ4n) is 2.71. The van der Waals surface area contributed by atoms with Crippen molar-refractivity contribution in [1.82, 2.24) is 0 Å². The number of carboxylic acid groups (broad SMARTS) is 1. The highest BCUT2D eigenvalue weighted by Gasteiger charge is 2.19. The second-order valence-electron chi connectivity index (χ2n) is 6.01. The van der Waals surface area contributed by atoms with E-state index in [-0.39, 0.29) is 0 Å². The Morgan fingerprint density at radius 1 is 1.42 bits per heavy atom. The van der Waals surface area contributed by atoms with Gasteiger partial charge in [0.1, 0.15) is 0 Å². The summed E-state index contributed by atoms with van der Waals surface area (Å²) in [6.07, 6.45) is 6.29. The molecule has 0 saturated heterocycles. The molecule has 1 atom stereocenters. The van der Waals surface area contributed by atoms with Crippen molar-refractivity contribution >= 4 is 35.2 Å². The van der Waals surface area contributed by atoms with Crippen molar-refractivity contribution in [2.24, 2.45) is 10.9 Å². The first kappa shape index (κ1) is 18.6. The van der Waals surface area contributed by atoms with Crippen LogP contribution in [0.5, 0.6) is 0 Å². The zero-order chi connectivity index (χ0) is 17.5. The van der Waals surface area contributed by atoms with Crippen molar-refractivity contribution in [3.8, 4) is 0 Å². The van der Waals surface area contributed by atoms with Crippen LogP contribution in [0.4, 0.5) is 5.69 Å². The van der Waals surface area contributed by atoms with E-state index >= 15 is 0 Å². The molecule has 0 radical (unpaired) electrons. The van der Waals surface area contributed by atoms with E-state index in [0.717, 1.165) is 53.4 Å². The lowest BCUT2D eigenvalue weighted by Gasteiger charge is -2.20. The van der Waals surface area contributed by atoms with Gasteiger partial charge >= 0.3 is 5.97 Å². The van der Waals surface area contributed by atoms with Gasteiger partial charge in [0.25, 0.3) is 0 Å². The average molecular weight is 346 g/mol. The Kier molecular flexibility index (Phi) is 6.91. The van der Waals surface area contributed by atoms with Crippen LogP contribution in [0.25, 0.3) is 5.57 Å². The minimum absolute atomic E-state index is 0.329. The third-order valence-corrected chi connectivity index (χ3v) is 4.79. The van der Waals surface area contributed by atoms with E-state index in [2.05, 4.69) is 37.2 Å². The number of allylic oxidation sites excluding steroid dienone is 1. The molecule has 24 heavy (non-hydrogen) atoms. The van der Waals surface area contributed by atoms with E-state index in [4.69, 9.17) is 0 Å². The van der Waals surface area contributed by atoms with Crippen LogP contribution < -0.4 is 5.32 Å². The number of rotatable bonds is 8. The van der Waals surface area contributed by atoms with Crippen molar-refractivity contribution in [3.63, 3.8) is 0 Å². The molecule has 0 aromatic heterocycles. The third-order valence-electron chi connectivity index (χ3n) is 3.87. The maximum atomic E-state index is 11.5. The minimum Gasteiger partial charge on any atom is -0.478 e. The molecule has 0 spiro atoms. The maximum Gasteiger partial charge on any atom is 0.335 e. The molecule has 1 aromatic carbocycles. The van der Waals surface area contributed by atoms with E-state index < -0.39 is 5.97 Å². The van der Waals surface area contributed by atoms with Crippen LogP contribution in [0.3, 0.4) is 0 Å². The first-order valence-corrected chi connectivity index (χ1v) is 9.55. The number of aliphatic imine (C=N–C) groups is 1. The second-order valence-corrected chi connectivity index (χ2v) is 7.31. The number of benzene rings is 1. The monoisotopic (exact) mass is 346 g/mol. The Morgan fingerprint density at radius 2 is 2.21 bits per heavy atom. The standard InChI is InChI=1S/C19H26N2O2S/c1-4-6-7-21-16-9-14(19(22)23)10-17(24-5-2)18(16)15-8-13(3)11-20-12-15/h8-10,12-13,21H,4-7,11H2,1-3H3,(H,22,23). The number of anilines is 1. The highest BCUT2D eigenvalue weighted by atomic mass is 32.2. The zero-order valence-electron chi connectivity index (χ0n) is 14.6. The summed E-state index contributed by atoms with van der Waals surface area (Å²) in [4.78, 5) is 17.0. The summed E-state index contributed by atoms with van der Waals surface area (Å²) in [7, 11) is 0. The van der Waals surface area contributed by atoms with Gasteiger partial charge in [-0.3, -0.25) is 4.99 Å². The predicted octanol–water partition coefficient (Wildman–Crippen LogP) is 4.81. The van der Waals surface area contributed by atoms with Gasteiger partial charge in [-0.15, -0.1) is 11.8 Å². The number of aromatic carboxylic acids is 1. The molecule has 5 heteroatoms. The van der Waals surface area contributed by atoms with Crippen LogP contribution in [0.15, 0.2) is 28.1 Å². The molecule has 1 aliphatic heterocycles. The van der Waals surface area contributed by atoms with Gasteiger partial charge in [-0.05, 0) is 35.8 Å². The molecule has 2 N–H and O–H groups in total. The first-order valence-electron chi connectivity index (χ1n) is 8.56. The smallest absolute Gasteiger partial charge is 0.335 e. The van der Waals surface area contributed by atoms with Gasteiger partial charge in [-0.2, -0.15) is 0 Å². The van der Waals surface area contributed by atoms with Crippen LogP contribution in [0.2, 0.25) is 0 Å². The summed E-state index contributed by atoms with van der Waals surface area (Å²) >= 11 is 1.68. The number of carbonyl (C=O) groups is 1. The van der Waals surface area contributed by atoms with E-state index in [1.165, 1.54) is 0 Å². The van der Waals surface area contributed by atoms with Crippen molar-refractivity contribution in [3.05, 3.63) is 29.3 Å². The Labute approximate surface area is 148 Å². The minimum atomic E-state index is -0.891. The lowest BCUT2D eigenvalue weighted by molar-refractivity contribution is 0.0696. The molecule has 0 aliphatic carbocycles. The number of thioether (sulfide) groups is 1. The van der Waals surface area contributed by atoms with Gasteiger partial charge in [-0.1, -0.05) is 33.3 Å². The molecule has 2 rings (SSSR count). The molecule has 1 aromatic rings. The highest BCUT2D eigenvalue weighted by Crippen LogP contribution is 2.36. The molecule has 1 aliphatic rings. The van der Waals surface area contributed by atoms with E-state index in [1.807, 2.05) is 6.21 Å². The van der Waals surface area contributed by atoms with Gasteiger partial charge in [0, 0.05) is 35.5 Å². The topological polar surface area (TPSA) is 61.7 Å². The number of dihydropyridines is 1. The molecule has 130 valence electrons. The van der Waals surface area contributed by atoms with Crippen LogP contribution in [0.1, 0.15) is 49.5 Å². The van der Waals surface area contributed by atoms with Crippen molar-refractivity contribution in [2.45, 2.75) is 38.5 Å².